The van der Waals surface area contributed by atoms with Crippen LogP contribution in [0.4, 0.5) is 4.39 Å². The number of halogens is 1. The van der Waals surface area contributed by atoms with E-state index in [0.29, 0.717) is 11.4 Å². The molecule has 0 saturated carbocycles. The Morgan fingerprint density at radius 3 is 2.39 bits per heavy atom. The first kappa shape index (κ1) is 17.6. The molecule has 0 aliphatic rings. The monoisotopic (exact) mass is 337 g/mol. The van der Waals surface area contributed by atoms with Crippen molar-refractivity contribution in [2.45, 2.75) is 31.0 Å². The number of nitrogens with one attached hydrogen (secondary N) is 1. The molecule has 0 radical (unpaired) electrons. The number of aliphatic hydroxyl groups excluding tert-OH is 1. The zero-order valence-electron chi connectivity index (χ0n) is 13.1. The standard InChI is InChI=1S/C17H20FNO3S/c1-12(14-4-6-16(7-5-14)23(2,21)22)19-10-13-3-8-17(18)15(9-13)11-20/h3-9,12,19-20H,10-11H2,1-2H3. The summed E-state index contributed by atoms with van der Waals surface area (Å²) in [4.78, 5) is 0.291. The Bertz CT molecular complexity index is 773. The molecule has 0 saturated heterocycles. The zero-order valence-corrected chi connectivity index (χ0v) is 13.9. The van der Waals surface area contributed by atoms with Crippen molar-refractivity contribution in [3.8, 4) is 0 Å². The molecule has 0 heterocycles. The molecule has 0 amide bonds. The molecular formula is C17H20FNO3S. The van der Waals surface area contributed by atoms with Crippen molar-refractivity contribution in [1.82, 2.24) is 5.32 Å². The fourth-order valence-corrected chi connectivity index (χ4v) is 2.88. The van der Waals surface area contributed by atoms with Crippen LogP contribution in [0.5, 0.6) is 0 Å². The fraction of sp³-hybridized carbons (Fsp3) is 0.294. The number of sulfone groups is 1. The predicted molar refractivity (Wildman–Crippen MR) is 87.1 cm³/mol. The second-order valence-corrected chi connectivity index (χ2v) is 7.54. The molecule has 0 aliphatic heterocycles. The number of hydrogen-bond acceptors (Lipinski definition) is 4. The van der Waals surface area contributed by atoms with Crippen LogP contribution in [0.2, 0.25) is 0 Å². The molecule has 2 aromatic carbocycles. The number of aliphatic hydroxyl groups is 1. The van der Waals surface area contributed by atoms with Crippen LogP contribution in [-0.2, 0) is 23.0 Å². The van der Waals surface area contributed by atoms with Gasteiger partial charge in [-0.05, 0) is 42.3 Å². The lowest BCUT2D eigenvalue weighted by Crippen LogP contribution is -2.18. The third kappa shape index (κ3) is 4.60. The highest BCUT2D eigenvalue weighted by Crippen LogP contribution is 2.17. The molecule has 2 rings (SSSR count). The van der Waals surface area contributed by atoms with Crippen molar-refractivity contribution in [3.05, 3.63) is 65.0 Å². The van der Waals surface area contributed by atoms with E-state index in [0.717, 1.165) is 11.1 Å². The fourth-order valence-electron chi connectivity index (χ4n) is 2.25. The van der Waals surface area contributed by atoms with Crippen LogP contribution in [0.3, 0.4) is 0 Å². The van der Waals surface area contributed by atoms with Crippen LogP contribution >= 0.6 is 0 Å². The van der Waals surface area contributed by atoms with Gasteiger partial charge >= 0.3 is 0 Å². The third-order valence-electron chi connectivity index (χ3n) is 3.70. The molecule has 4 nitrogen and oxygen atoms in total. The minimum Gasteiger partial charge on any atom is -0.392 e. The lowest BCUT2D eigenvalue weighted by molar-refractivity contribution is 0.275. The van der Waals surface area contributed by atoms with Gasteiger partial charge in [0.2, 0.25) is 0 Å². The first-order valence-corrected chi connectivity index (χ1v) is 9.12. The Morgan fingerprint density at radius 1 is 1.17 bits per heavy atom. The molecular weight excluding hydrogens is 317 g/mol. The van der Waals surface area contributed by atoms with Gasteiger partial charge in [0, 0.05) is 24.4 Å². The zero-order chi connectivity index (χ0) is 17.0. The highest BCUT2D eigenvalue weighted by Gasteiger charge is 2.10. The summed E-state index contributed by atoms with van der Waals surface area (Å²) in [6.07, 6.45) is 1.18. The molecule has 0 fully saturated rings. The lowest BCUT2D eigenvalue weighted by atomic mass is 10.1. The van der Waals surface area contributed by atoms with E-state index in [-0.39, 0.29) is 18.2 Å². The van der Waals surface area contributed by atoms with Crippen LogP contribution in [0.1, 0.15) is 29.7 Å². The maximum atomic E-state index is 13.3. The Labute approximate surface area is 135 Å². The lowest BCUT2D eigenvalue weighted by Gasteiger charge is -2.15. The Kier molecular flexibility index (Phi) is 5.51. The van der Waals surface area contributed by atoms with E-state index in [2.05, 4.69) is 5.32 Å². The molecule has 0 aliphatic carbocycles. The molecule has 0 spiro atoms. The molecule has 0 bridgehead atoms. The number of benzene rings is 2. The van der Waals surface area contributed by atoms with E-state index in [1.807, 2.05) is 6.92 Å². The second-order valence-electron chi connectivity index (χ2n) is 5.53. The Balaban J connectivity index is 2.03. The molecule has 1 atom stereocenters. The molecule has 1 unspecified atom stereocenters. The number of rotatable bonds is 6. The van der Waals surface area contributed by atoms with Gasteiger partial charge in [0.15, 0.2) is 9.84 Å². The van der Waals surface area contributed by atoms with E-state index in [4.69, 9.17) is 5.11 Å². The number of hydrogen-bond donors (Lipinski definition) is 2. The first-order chi connectivity index (χ1) is 10.8. The van der Waals surface area contributed by atoms with Gasteiger partial charge in [-0.3, -0.25) is 0 Å². The summed E-state index contributed by atoms with van der Waals surface area (Å²) in [5, 5.41) is 12.4. The summed E-state index contributed by atoms with van der Waals surface area (Å²) in [6, 6.07) is 11.4. The van der Waals surface area contributed by atoms with E-state index in [9.17, 15) is 12.8 Å². The Morgan fingerprint density at radius 2 is 1.83 bits per heavy atom. The van der Waals surface area contributed by atoms with Gasteiger partial charge < -0.3 is 10.4 Å². The minimum absolute atomic E-state index is 0.00578. The summed E-state index contributed by atoms with van der Waals surface area (Å²) >= 11 is 0. The highest BCUT2D eigenvalue weighted by atomic mass is 32.2. The van der Waals surface area contributed by atoms with Crippen molar-refractivity contribution in [2.24, 2.45) is 0 Å². The molecule has 2 N–H and O–H groups in total. The van der Waals surface area contributed by atoms with Gasteiger partial charge in [-0.15, -0.1) is 0 Å². The first-order valence-electron chi connectivity index (χ1n) is 7.23. The predicted octanol–water partition coefficient (Wildman–Crippen LogP) is 2.57. The van der Waals surface area contributed by atoms with Crippen molar-refractivity contribution < 1.29 is 17.9 Å². The normalized spacial score (nSPS) is 13.0. The van der Waals surface area contributed by atoms with E-state index >= 15 is 0 Å². The Hall–Kier alpha value is -1.76. The summed E-state index contributed by atoms with van der Waals surface area (Å²) in [6.45, 7) is 2.15. The maximum absolute atomic E-state index is 13.3. The van der Waals surface area contributed by atoms with E-state index in [1.165, 1.54) is 12.3 Å². The SMILES string of the molecule is CC(NCc1ccc(F)c(CO)c1)c1ccc(S(C)(=O)=O)cc1. The average Bonchev–Trinajstić information content (AvgIpc) is 2.53. The van der Waals surface area contributed by atoms with Gasteiger partial charge in [0.05, 0.1) is 11.5 Å². The summed E-state index contributed by atoms with van der Waals surface area (Å²) in [7, 11) is -3.19. The van der Waals surface area contributed by atoms with Gasteiger partial charge in [-0.25, -0.2) is 12.8 Å². The van der Waals surface area contributed by atoms with Gasteiger partial charge in [-0.2, -0.15) is 0 Å². The van der Waals surface area contributed by atoms with Crippen molar-refractivity contribution in [1.29, 1.82) is 0 Å². The molecule has 2 aromatic rings. The van der Waals surface area contributed by atoms with Crippen molar-refractivity contribution in [2.75, 3.05) is 6.26 Å². The molecule has 6 heteroatoms. The van der Waals surface area contributed by atoms with E-state index < -0.39 is 15.7 Å². The summed E-state index contributed by atoms with van der Waals surface area (Å²) < 4.78 is 36.2. The smallest absolute Gasteiger partial charge is 0.175 e. The minimum atomic E-state index is -3.19. The topological polar surface area (TPSA) is 66.4 Å². The van der Waals surface area contributed by atoms with Gasteiger partial charge in [-0.1, -0.05) is 18.2 Å². The maximum Gasteiger partial charge on any atom is 0.175 e. The highest BCUT2D eigenvalue weighted by molar-refractivity contribution is 7.90. The van der Waals surface area contributed by atoms with E-state index in [1.54, 1.807) is 36.4 Å². The van der Waals surface area contributed by atoms with Crippen molar-refractivity contribution >= 4 is 9.84 Å². The quantitative estimate of drug-likeness (QED) is 0.850. The van der Waals surface area contributed by atoms with Crippen LogP contribution in [0.15, 0.2) is 47.4 Å². The van der Waals surface area contributed by atoms with Crippen LogP contribution in [0, 0.1) is 5.82 Å². The van der Waals surface area contributed by atoms with Gasteiger partial charge in [0.25, 0.3) is 0 Å². The summed E-state index contributed by atoms with van der Waals surface area (Å²) in [5.41, 5.74) is 2.10. The molecule has 124 valence electrons. The third-order valence-corrected chi connectivity index (χ3v) is 4.83. The molecule has 23 heavy (non-hydrogen) atoms. The van der Waals surface area contributed by atoms with Crippen LogP contribution < -0.4 is 5.32 Å². The summed E-state index contributed by atoms with van der Waals surface area (Å²) in [5.74, 6) is -0.416. The average molecular weight is 337 g/mol. The van der Waals surface area contributed by atoms with Gasteiger partial charge in [0.1, 0.15) is 5.82 Å². The van der Waals surface area contributed by atoms with Crippen molar-refractivity contribution in [3.63, 3.8) is 0 Å². The largest absolute Gasteiger partial charge is 0.392 e. The van der Waals surface area contributed by atoms with Crippen LogP contribution in [-0.4, -0.2) is 19.8 Å². The second kappa shape index (κ2) is 7.21. The molecule has 0 aromatic heterocycles. The van der Waals surface area contributed by atoms with Crippen LogP contribution in [0.25, 0.3) is 0 Å².